The molecule has 0 heterocycles. The molecule has 0 amide bonds. The van der Waals surface area contributed by atoms with Crippen LogP contribution in [0.5, 0.6) is 0 Å². The van der Waals surface area contributed by atoms with Gasteiger partial charge in [-0.1, -0.05) is 30.3 Å². The van der Waals surface area contributed by atoms with Crippen LogP contribution in [-0.4, -0.2) is 13.1 Å². The van der Waals surface area contributed by atoms with E-state index in [1.54, 1.807) is 5.56 Å². The first-order valence-corrected chi connectivity index (χ1v) is 8.92. The van der Waals surface area contributed by atoms with Crippen molar-refractivity contribution in [2.24, 2.45) is 23.2 Å². The third kappa shape index (κ3) is 2.25. The van der Waals surface area contributed by atoms with Gasteiger partial charge in [-0.15, -0.1) is 0 Å². The molecule has 0 aliphatic heterocycles. The van der Waals surface area contributed by atoms with Crippen molar-refractivity contribution in [3.8, 4) is 0 Å². The van der Waals surface area contributed by atoms with Crippen LogP contribution in [0.1, 0.15) is 56.9 Å². The molecule has 1 nitrogen and oxygen atoms in total. The van der Waals surface area contributed by atoms with Gasteiger partial charge in [-0.25, -0.2) is 0 Å². The van der Waals surface area contributed by atoms with E-state index in [2.05, 4.69) is 49.6 Å². The summed E-state index contributed by atoms with van der Waals surface area (Å²) in [6.07, 6.45) is 8.90. The molecule has 1 aromatic carbocycles. The molecule has 1 aromatic rings. The summed E-state index contributed by atoms with van der Waals surface area (Å²) in [6.45, 7) is 2.38. The number of rotatable bonds is 4. The van der Waals surface area contributed by atoms with E-state index in [0.29, 0.717) is 11.5 Å². The summed E-state index contributed by atoms with van der Waals surface area (Å²) >= 11 is 0. The third-order valence-electron chi connectivity index (χ3n) is 6.82. The molecule has 4 aliphatic rings. The Labute approximate surface area is 129 Å². The predicted molar refractivity (Wildman–Crippen MR) is 88.3 cm³/mol. The summed E-state index contributed by atoms with van der Waals surface area (Å²) in [6, 6.07) is 12.1. The minimum absolute atomic E-state index is 0.582. The lowest BCUT2D eigenvalue weighted by atomic mass is 9.43. The molecule has 4 aliphatic carbocycles. The zero-order chi connectivity index (χ0) is 14.4. The van der Waals surface area contributed by atoms with Crippen LogP contribution in [0.3, 0.4) is 0 Å². The lowest BCUT2D eigenvalue weighted by molar-refractivity contribution is -0.0835. The summed E-state index contributed by atoms with van der Waals surface area (Å²) < 4.78 is 0. The van der Waals surface area contributed by atoms with Crippen LogP contribution in [-0.2, 0) is 0 Å². The van der Waals surface area contributed by atoms with Crippen molar-refractivity contribution >= 4 is 0 Å². The normalized spacial score (nSPS) is 42.2. The summed E-state index contributed by atoms with van der Waals surface area (Å²) in [5, 5.41) is 3.51. The first-order chi connectivity index (χ1) is 10.2. The maximum Gasteiger partial charge on any atom is 0.00412 e. The zero-order valence-corrected chi connectivity index (χ0v) is 13.5. The van der Waals surface area contributed by atoms with E-state index in [-0.39, 0.29) is 0 Å². The summed E-state index contributed by atoms with van der Waals surface area (Å²) in [5.74, 6) is 3.85. The van der Waals surface area contributed by atoms with Gasteiger partial charge in [0.05, 0.1) is 0 Å². The van der Waals surface area contributed by atoms with Gasteiger partial charge in [0.25, 0.3) is 0 Å². The van der Waals surface area contributed by atoms with Crippen LogP contribution >= 0.6 is 0 Å². The van der Waals surface area contributed by atoms with Gasteiger partial charge in [-0.05, 0) is 87.1 Å². The SMILES string of the molecule is CN[C@H](C)CC12C[C@@H]3CC(C[C@H](C3)C1)[C@@H]2c1ccccc1. The molecule has 4 fully saturated rings. The topological polar surface area (TPSA) is 12.0 Å². The lowest BCUT2D eigenvalue weighted by Gasteiger charge is -2.62. The van der Waals surface area contributed by atoms with Gasteiger partial charge in [0, 0.05) is 6.04 Å². The van der Waals surface area contributed by atoms with Gasteiger partial charge in [0.1, 0.15) is 0 Å². The number of benzene rings is 1. The lowest BCUT2D eigenvalue weighted by Crippen LogP contribution is -2.53. The van der Waals surface area contributed by atoms with Crippen LogP contribution in [0.15, 0.2) is 30.3 Å². The van der Waals surface area contributed by atoms with Crippen LogP contribution in [0.25, 0.3) is 0 Å². The fourth-order valence-corrected chi connectivity index (χ4v) is 6.50. The van der Waals surface area contributed by atoms with Crippen LogP contribution in [0.4, 0.5) is 0 Å². The van der Waals surface area contributed by atoms with E-state index in [4.69, 9.17) is 0 Å². The van der Waals surface area contributed by atoms with Gasteiger partial charge >= 0.3 is 0 Å². The Balaban J connectivity index is 1.72. The van der Waals surface area contributed by atoms with E-state index in [1.807, 2.05) is 0 Å². The fourth-order valence-electron chi connectivity index (χ4n) is 6.50. The summed E-state index contributed by atoms with van der Waals surface area (Å²) in [5.41, 5.74) is 2.21. The molecule has 21 heavy (non-hydrogen) atoms. The Morgan fingerprint density at radius 3 is 2.38 bits per heavy atom. The van der Waals surface area contributed by atoms with E-state index in [1.165, 1.54) is 38.5 Å². The van der Waals surface area contributed by atoms with Crippen LogP contribution in [0.2, 0.25) is 0 Å². The Kier molecular flexibility index (Phi) is 3.37. The van der Waals surface area contributed by atoms with Crippen molar-refractivity contribution in [2.45, 2.75) is 57.4 Å². The van der Waals surface area contributed by atoms with Crippen molar-refractivity contribution in [3.63, 3.8) is 0 Å². The van der Waals surface area contributed by atoms with Crippen molar-refractivity contribution in [2.75, 3.05) is 7.05 Å². The Morgan fingerprint density at radius 1 is 1.10 bits per heavy atom. The molecule has 0 unspecified atom stereocenters. The number of hydrogen-bond acceptors (Lipinski definition) is 1. The van der Waals surface area contributed by atoms with E-state index >= 15 is 0 Å². The first kappa shape index (κ1) is 13.8. The molecule has 1 N–H and O–H groups in total. The van der Waals surface area contributed by atoms with Gasteiger partial charge in [0.2, 0.25) is 0 Å². The fraction of sp³-hybridized carbons (Fsp3) is 0.700. The van der Waals surface area contributed by atoms with Crippen molar-refractivity contribution in [1.29, 1.82) is 0 Å². The van der Waals surface area contributed by atoms with Crippen LogP contribution in [0, 0.1) is 23.2 Å². The second kappa shape index (κ2) is 5.12. The molecule has 5 rings (SSSR count). The standard InChI is InChI=1S/C20H29N/c1-14(21-2)11-20-12-15-8-16(13-20)10-18(9-15)19(20)17-6-4-3-5-7-17/h3-7,14-16,18-19,21H,8-13H2,1-2H3/t14-,15+,16+,18?,19+,20?/m1/s1. The first-order valence-electron chi connectivity index (χ1n) is 8.92. The maximum absolute atomic E-state index is 3.51. The second-order valence-corrected chi connectivity index (χ2v) is 8.25. The van der Waals surface area contributed by atoms with E-state index < -0.39 is 0 Å². The minimum atomic E-state index is 0.582. The van der Waals surface area contributed by atoms with Gasteiger partial charge in [-0.2, -0.15) is 0 Å². The van der Waals surface area contributed by atoms with Crippen LogP contribution < -0.4 is 5.32 Å². The molecule has 0 aromatic heterocycles. The maximum atomic E-state index is 3.51. The van der Waals surface area contributed by atoms with Gasteiger partial charge < -0.3 is 5.32 Å². The largest absolute Gasteiger partial charge is 0.317 e. The number of hydrogen-bond donors (Lipinski definition) is 1. The molecule has 4 atom stereocenters. The molecular formula is C20H29N. The summed E-state index contributed by atoms with van der Waals surface area (Å²) in [7, 11) is 2.13. The summed E-state index contributed by atoms with van der Waals surface area (Å²) in [4.78, 5) is 0. The average Bonchev–Trinajstić information content (AvgIpc) is 2.46. The highest BCUT2D eigenvalue weighted by molar-refractivity contribution is 5.27. The van der Waals surface area contributed by atoms with E-state index in [9.17, 15) is 0 Å². The average molecular weight is 283 g/mol. The molecule has 4 saturated carbocycles. The number of nitrogens with one attached hydrogen (secondary N) is 1. The predicted octanol–water partition coefficient (Wildman–Crippen LogP) is 4.59. The molecule has 0 spiro atoms. The zero-order valence-electron chi connectivity index (χ0n) is 13.5. The molecule has 1 heteroatoms. The van der Waals surface area contributed by atoms with Crippen molar-refractivity contribution in [1.82, 2.24) is 5.32 Å². The van der Waals surface area contributed by atoms with Crippen molar-refractivity contribution < 1.29 is 0 Å². The highest BCUT2D eigenvalue weighted by Crippen LogP contribution is 2.67. The Hall–Kier alpha value is -0.820. The monoisotopic (exact) mass is 283 g/mol. The third-order valence-corrected chi connectivity index (χ3v) is 6.82. The minimum Gasteiger partial charge on any atom is -0.317 e. The van der Waals surface area contributed by atoms with E-state index in [0.717, 1.165) is 23.7 Å². The molecule has 4 bridgehead atoms. The van der Waals surface area contributed by atoms with Gasteiger partial charge in [-0.3, -0.25) is 0 Å². The highest BCUT2D eigenvalue weighted by Gasteiger charge is 2.57. The van der Waals surface area contributed by atoms with Crippen molar-refractivity contribution in [3.05, 3.63) is 35.9 Å². The Bertz CT molecular complexity index is 480. The molecule has 114 valence electrons. The Morgan fingerprint density at radius 2 is 1.76 bits per heavy atom. The van der Waals surface area contributed by atoms with Gasteiger partial charge in [0.15, 0.2) is 0 Å². The second-order valence-electron chi connectivity index (χ2n) is 8.25. The quantitative estimate of drug-likeness (QED) is 0.852. The smallest absolute Gasteiger partial charge is 0.00412 e. The molecule has 0 radical (unpaired) electrons. The molecule has 0 saturated heterocycles. The molecular weight excluding hydrogens is 254 g/mol. The highest BCUT2D eigenvalue weighted by atomic mass is 14.9.